The molecule has 0 aliphatic rings. The highest BCUT2D eigenvalue weighted by Gasteiger charge is 2.15. The van der Waals surface area contributed by atoms with E-state index in [2.05, 4.69) is 33.9 Å². The molecule has 0 fully saturated rings. The molecule has 2 heterocycles. The van der Waals surface area contributed by atoms with Gasteiger partial charge in [0.25, 0.3) is 0 Å². The topological polar surface area (TPSA) is 42.7 Å². The lowest BCUT2D eigenvalue weighted by Gasteiger charge is -2.10. The molecule has 5 heteroatoms. The number of nitrogens with one attached hydrogen (secondary N) is 1. The molecule has 0 saturated heterocycles. The summed E-state index contributed by atoms with van der Waals surface area (Å²) >= 11 is 1.61. The minimum absolute atomic E-state index is 0.150. The Morgan fingerprint density at radius 2 is 2.47 bits per heavy atom. The number of aromatic nitrogens is 3. The van der Waals surface area contributed by atoms with Crippen molar-refractivity contribution in [2.24, 2.45) is 0 Å². The van der Waals surface area contributed by atoms with Crippen molar-refractivity contribution in [2.45, 2.75) is 19.5 Å². The Bertz CT molecular complexity index is 407. The lowest BCUT2D eigenvalue weighted by Crippen LogP contribution is -2.17. The number of hydrogen-bond acceptors (Lipinski definition) is 4. The van der Waals surface area contributed by atoms with Gasteiger partial charge >= 0.3 is 0 Å². The van der Waals surface area contributed by atoms with Crippen LogP contribution < -0.4 is 5.32 Å². The van der Waals surface area contributed by atoms with Crippen LogP contribution >= 0.6 is 11.3 Å². The molecule has 0 aliphatic heterocycles. The van der Waals surface area contributed by atoms with Crippen molar-refractivity contribution in [1.29, 1.82) is 0 Å². The van der Waals surface area contributed by atoms with Gasteiger partial charge < -0.3 is 5.32 Å². The first kappa shape index (κ1) is 10.3. The van der Waals surface area contributed by atoms with Gasteiger partial charge in [-0.3, -0.25) is 4.68 Å². The van der Waals surface area contributed by atoms with Gasteiger partial charge in [0, 0.05) is 23.7 Å². The van der Waals surface area contributed by atoms with Crippen molar-refractivity contribution < 1.29 is 0 Å². The van der Waals surface area contributed by atoms with Crippen LogP contribution in [0.15, 0.2) is 23.3 Å². The van der Waals surface area contributed by atoms with E-state index in [0.717, 1.165) is 17.8 Å². The van der Waals surface area contributed by atoms with Crippen LogP contribution in [0.25, 0.3) is 0 Å². The smallest absolute Gasteiger partial charge is 0.0795 e. The van der Waals surface area contributed by atoms with Crippen LogP contribution in [0.1, 0.15) is 24.2 Å². The van der Waals surface area contributed by atoms with Crippen LogP contribution in [-0.4, -0.2) is 21.8 Å². The number of rotatable bonds is 4. The fraction of sp³-hybridized carbons (Fsp3) is 0.400. The maximum atomic E-state index is 4.32. The fourth-order valence-electron chi connectivity index (χ4n) is 1.55. The first-order valence-corrected chi connectivity index (χ1v) is 5.87. The second-order valence-corrected chi connectivity index (χ2v) is 3.98. The van der Waals surface area contributed by atoms with E-state index >= 15 is 0 Å². The molecule has 2 aromatic heterocycles. The summed E-state index contributed by atoms with van der Waals surface area (Å²) in [4.78, 5) is 4.32. The summed E-state index contributed by atoms with van der Waals surface area (Å²) < 4.78 is 1.92. The molecule has 0 saturated carbocycles. The van der Waals surface area contributed by atoms with Crippen LogP contribution in [0.5, 0.6) is 0 Å². The third kappa shape index (κ3) is 2.08. The third-order valence-corrected chi connectivity index (χ3v) is 2.95. The lowest BCUT2D eigenvalue weighted by molar-refractivity contribution is 0.650. The number of hydrogen-bond donors (Lipinski definition) is 1. The molecule has 0 bridgehead atoms. The molecule has 0 amide bonds. The van der Waals surface area contributed by atoms with E-state index in [0.29, 0.717) is 0 Å². The number of aryl methyl sites for hydroxylation is 1. The maximum Gasteiger partial charge on any atom is 0.0795 e. The largest absolute Gasteiger partial charge is 0.308 e. The zero-order valence-corrected chi connectivity index (χ0v) is 9.66. The average molecular weight is 222 g/mol. The molecule has 1 unspecified atom stereocenters. The normalized spacial score (nSPS) is 12.9. The number of nitrogens with zero attached hydrogens (tertiary/aromatic N) is 3. The Morgan fingerprint density at radius 1 is 1.60 bits per heavy atom. The Morgan fingerprint density at radius 3 is 3.00 bits per heavy atom. The van der Waals surface area contributed by atoms with Crippen molar-refractivity contribution in [3.63, 3.8) is 0 Å². The van der Waals surface area contributed by atoms with E-state index < -0.39 is 0 Å². The van der Waals surface area contributed by atoms with Gasteiger partial charge in [-0.15, -0.1) is 11.3 Å². The summed E-state index contributed by atoms with van der Waals surface area (Å²) in [5, 5.41) is 9.57. The molecule has 1 atom stereocenters. The quantitative estimate of drug-likeness (QED) is 0.855. The van der Waals surface area contributed by atoms with Crippen molar-refractivity contribution in [3.05, 3.63) is 34.5 Å². The van der Waals surface area contributed by atoms with E-state index in [-0.39, 0.29) is 6.04 Å². The lowest BCUT2D eigenvalue weighted by atomic mass is 10.1. The zero-order chi connectivity index (χ0) is 10.7. The van der Waals surface area contributed by atoms with E-state index in [1.54, 1.807) is 11.3 Å². The fourth-order valence-corrected chi connectivity index (χ4v) is 2.13. The molecule has 0 aliphatic carbocycles. The van der Waals surface area contributed by atoms with E-state index in [1.165, 1.54) is 0 Å². The highest BCUT2D eigenvalue weighted by Crippen LogP contribution is 2.20. The second-order valence-electron chi connectivity index (χ2n) is 3.26. The first-order valence-electron chi connectivity index (χ1n) is 4.92. The molecular weight excluding hydrogens is 208 g/mol. The minimum Gasteiger partial charge on any atom is -0.308 e. The molecule has 1 N–H and O–H groups in total. The van der Waals surface area contributed by atoms with Crippen LogP contribution in [0.2, 0.25) is 0 Å². The zero-order valence-electron chi connectivity index (χ0n) is 8.84. The summed E-state index contributed by atoms with van der Waals surface area (Å²) in [5.41, 5.74) is 4.06. The second kappa shape index (κ2) is 4.55. The maximum absolute atomic E-state index is 4.32. The minimum atomic E-state index is 0.150. The van der Waals surface area contributed by atoms with Crippen LogP contribution in [0, 0.1) is 0 Å². The molecule has 0 radical (unpaired) electrons. The first-order chi connectivity index (χ1) is 7.35. The Kier molecular flexibility index (Phi) is 3.13. The average Bonchev–Trinajstić information content (AvgIpc) is 2.89. The highest BCUT2D eigenvalue weighted by molar-refractivity contribution is 7.07. The van der Waals surface area contributed by atoms with Gasteiger partial charge in [0.1, 0.15) is 0 Å². The van der Waals surface area contributed by atoms with Crippen molar-refractivity contribution in [1.82, 2.24) is 20.1 Å². The van der Waals surface area contributed by atoms with Crippen molar-refractivity contribution in [2.75, 3.05) is 7.05 Å². The summed E-state index contributed by atoms with van der Waals surface area (Å²) in [5.74, 6) is 0. The van der Waals surface area contributed by atoms with Gasteiger partial charge in [-0.2, -0.15) is 5.10 Å². The Balaban J connectivity index is 2.27. The Labute approximate surface area is 93.0 Å². The van der Waals surface area contributed by atoms with Gasteiger partial charge in [0.15, 0.2) is 0 Å². The van der Waals surface area contributed by atoms with Gasteiger partial charge in [-0.25, -0.2) is 4.98 Å². The predicted octanol–water partition coefficient (Wildman–Crippen LogP) is 1.67. The standard InChI is InChI=1S/C10H14N4S/c1-3-14-5-8(4-13-14)10(11-2)9-6-15-7-12-9/h4-7,10-11H,3H2,1-2H3. The van der Waals surface area contributed by atoms with Gasteiger partial charge in [-0.05, 0) is 14.0 Å². The third-order valence-electron chi connectivity index (χ3n) is 2.35. The summed E-state index contributed by atoms with van der Waals surface area (Å²) in [6.07, 6.45) is 3.95. The predicted molar refractivity (Wildman–Crippen MR) is 60.9 cm³/mol. The van der Waals surface area contributed by atoms with E-state index in [1.807, 2.05) is 23.4 Å². The van der Waals surface area contributed by atoms with E-state index in [9.17, 15) is 0 Å². The molecule has 0 aromatic carbocycles. The van der Waals surface area contributed by atoms with Gasteiger partial charge in [0.2, 0.25) is 0 Å². The van der Waals surface area contributed by atoms with Crippen molar-refractivity contribution in [3.8, 4) is 0 Å². The summed E-state index contributed by atoms with van der Waals surface area (Å²) in [6, 6.07) is 0.150. The molecular formula is C10H14N4S. The SMILES string of the molecule is CCn1cc(C(NC)c2cscn2)cn1. The van der Waals surface area contributed by atoms with Crippen LogP contribution in [-0.2, 0) is 6.54 Å². The molecule has 2 rings (SSSR count). The van der Waals surface area contributed by atoms with Crippen molar-refractivity contribution >= 4 is 11.3 Å². The van der Waals surface area contributed by atoms with Crippen LogP contribution in [0.4, 0.5) is 0 Å². The molecule has 4 nitrogen and oxygen atoms in total. The van der Waals surface area contributed by atoms with Gasteiger partial charge in [0.05, 0.1) is 23.4 Å². The monoisotopic (exact) mass is 222 g/mol. The molecule has 2 aromatic rings. The Hall–Kier alpha value is -1.20. The highest BCUT2D eigenvalue weighted by atomic mass is 32.1. The summed E-state index contributed by atoms with van der Waals surface area (Å²) in [6.45, 7) is 2.97. The molecule has 80 valence electrons. The number of thiazole rings is 1. The summed E-state index contributed by atoms with van der Waals surface area (Å²) in [7, 11) is 1.94. The molecule has 15 heavy (non-hydrogen) atoms. The van der Waals surface area contributed by atoms with Crippen LogP contribution in [0.3, 0.4) is 0 Å². The van der Waals surface area contributed by atoms with Gasteiger partial charge in [-0.1, -0.05) is 0 Å². The van der Waals surface area contributed by atoms with E-state index in [4.69, 9.17) is 0 Å². The molecule has 0 spiro atoms.